The number of carboxylic acid groups (broad SMARTS) is 1. The molecule has 0 saturated carbocycles. The number of pyridine rings is 1. The van der Waals surface area contributed by atoms with Crippen LogP contribution < -0.4 is 10.1 Å². The average molecular weight is 433 g/mol. The molecule has 0 fully saturated rings. The fraction of sp³-hybridized carbons (Fsp3) is 0.0952. The van der Waals surface area contributed by atoms with E-state index in [-0.39, 0.29) is 27.8 Å². The summed E-state index contributed by atoms with van der Waals surface area (Å²) in [5.74, 6) is -3.69. The van der Waals surface area contributed by atoms with Gasteiger partial charge in [0, 0.05) is 24.4 Å². The summed E-state index contributed by atoms with van der Waals surface area (Å²) < 4.78 is 32.2. The first kappa shape index (κ1) is 21.2. The Morgan fingerprint density at radius 3 is 2.33 bits per heavy atom. The fourth-order valence-corrected chi connectivity index (χ4v) is 2.80. The molecule has 2 N–H and O–H groups in total. The molecular weight excluding hydrogens is 418 g/mol. The lowest BCUT2D eigenvalue weighted by atomic mass is 10.1. The first-order valence-electron chi connectivity index (χ1n) is 8.66. The van der Waals surface area contributed by atoms with Crippen molar-refractivity contribution < 1.29 is 28.2 Å². The predicted octanol–water partition coefficient (Wildman–Crippen LogP) is 4.99. The Kier molecular flexibility index (Phi) is 6.27. The van der Waals surface area contributed by atoms with Crippen LogP contribution in [0.1, 0.15) is 39.2 Å². The minimum Gasteiger partial charge on any atom is -0.478 e. The van der Waals surface area contributed by atoms with Crippen LogP contribution in [0, 0.1) is 11.6 Å². The Morgan fingerprint density at radius 2 is 1.73 bits per heavy atom. The first-order chi connectivity index (χ1) is 14.2. The molecule has 3 aromatic rings. The summed E-state index contributed by atoms with van der Waals surface area (Å²) in [6.07, 6.45) is 1.23. The standard InChI is InChI=1S/C21H15ClF2N2O4/c1-11(12-2-4-13(5-3-12)21(28)29)26-19(27)18-6-14(22)10-25-20(18)30-17-8-15(23)7-16(24)9-17/h2-11H,1H3,(H,26,27)(H,28,29)/t11-/m0/s1. The van der Waals surface area contributed by atoms with Crippen molar-refractivity contribution in [3.8, 4) is 11.6 Å². The lowest BCUT2D eigenvalue weighted by Gasteiger charge is -2.16. The molecule has 2 aromatic carbocycles. The number of nitrogens with one attached hydrogen (secondary N) is 1. The number of rotatable bonds is 6. The Labute approximate surface area is 175 Å². The summed E-state index contributed by atoms with van der Waals surface area (Å²) in [5, 5.41) is 11.9. The van der Waals surface area contributed by atoms with Crippen molar-refractivity contribution in [3.63, 3.8) is 0 Å². The van der Waals surface area contributed by atoms with Crippen molar-refractivity contribution in [2.24, 2.45) is 0 Å². The average Bonchev–Trinajstić information content (AvgIpc) is 2.68. The number of carboxylic acids is 1. The van der Waals surface area contributed by atoms with E-state index in [1.165, 1.54) is 24.4 Å². The third-order valence-corrected chi connectivity index (χ3v) is 4.32. The maximum absolute atomic E-state index is 13.4. The van der Waals surface area contributed by atoms with E-state index in [0.29, 0.717) is 11.6 Å². The van der Waals surface area contributed by atoms with Crippen molar-refractivity contribution in [2.75, 3.05) is 0 Å². The molecule has 154 valence electrons. The van der Waals surface area contributed by atoms with Gasteiger partial charge >= 0.3 is 5.97 Å². The van der Waals surface area contributed by atoms with Gasteiger partial charge in [-0.15, -0.1) is 0 Å². The van der Waals surface area contributed by atoms with Gasteiger partial charge in [-0.3, -0.25) is 4.79 Å². The molecule has 0 bridgehead atoms. The number of carbonyl (C=O) groups is 2. The van der Waals surface area contributed by atoms with Crippen LogP contribution in [0.3, 0.4) is 0 Å². The molecule has 0 unspecified atom stereocenters. The first-order valence-corrected chi connectivity index (χ1v) is 9.04. The highest BCUT2D eigenvalue weighted by Gasteiger charge is 2.19. The van der Waals surface area contributed by atoms with Crippen LogP contribution in [0.4, 0.5) is 8.78 Å². The summed E-state index contributed by atoms with van der Waals surface area (Å²) in [6.45, 7) is 1.70. The van der Waals surface area contributed by atoms with Gasteiger partial charge in [0.25, 0.3) is 5.91 Å². The molecule has 0 saturated heterocycles. The van der Waals surface area contributed by atoms with Crippen molar-refractivity contribution in [2.45, 2.75) is 13.0 Å². The maximum atomic E-state index is 13.4. The van der Waals surface area contributed by atoms with Crippen LogP contribution >= 0.6 is 11.6 Å². The van der Waals surface area contributed by atoms with Crippen LogP contribution in [0.15, 0.2) is 54.7 Å². The number of aromatic carboxylic acids is 1. The van der Waals surface area contributed by atoms with E-state index >= 15 is 0 Å². The van der Waals surface area contributed by atoms with Gasteiger partial charge in [-0.05, 0) is 30.7 Å². The number of hydrogen-bond donors (Lipinski definition) is 2. The van der Waals surface area contributed by atoms with Gasteiger partial charge in [0.2, 0.25) is 5.88 Å². The van der Waals surface area contributed by atoms with Crippen LogP contribution in [-0.4, -0.2) is 22.0 Å². The summed E-state index contributed by atoms with van der Waals surface area (Å²) in [6, 6.07) is 9.43. The second-order valence-corrected chi connectivity index (χ2v) is 6.77. The Bertz CT molecular complexity index is 1090. The molecular formula is C21H15ClF2N2O4. The number of nitrogens with zero attached hydrogens (tertiary/aromatic N) is 1. The molecule has 0 aliphatic carbocycles. The number of carbonyl (C=O) groups excluding carboxylic acids is 1. The molecule has 30 heavy (non-hydrogen) atoms. The Balaban J connectivity index is 1.82. The highest BCUT2D eigenvalue weighted by atomic mass is 35.5. The monoisotopic (exact) mass is 432 g/mol. The van der Waals surface area contributed by atoms with Crippen molar-refractivity contribution in [1.29, 1.82) is 0 Å². The Hall–Kier alpha value is -3.52. The van der Waals surface area contributed by atoms with E-state index in [2.05, 4.69) is 10.3 Å². The summed E-state index contributed by atoms with van der Waals surface area (Å²) >= 11 is 5.94. The van der Waals surface area contributed by atoms with Crippen LogP contribution in [0.25, 0.3) is 0 Å². The third kappa shape index (κ3) is 5.09. The molecule has 9 heteroatoms. The SMILES string of the molecule is C[C@H](NC(=O)c1cc(Cl)cnc1Oc1cc(F)cc(F)c1)c1ccc(C(=O)O)cc1. The number of ether oxygens (including phenoxy) is 1. The van der Waals surface area contributed by atoms with Crippen LogP contribution in [-0.2, 0) is 0 Å². The minimum absolute atomic E-state index is 0.0406. The summed E-state index contributed by atoms with van der Waals surface area (Å²) in [7, 11) is 0. The normalized spacial score (nSPS) is 11.6. The molecule has 3 rings (SSSR count). The smallest absolute Gasteiger partial charge is 0.335 e. The fourth-order valence-electron chi connectivity index (χ4n) is 2.64. The molecule has 6 nitrogen and oxygen atoms in total. The molecule has 0 aliphatic heterocycles. The largest absolute Gasteiger partial charge is 0.478 e. The van der Waals surface area contributed by atoms with Gasteiger partial charge in [-0.1, -0.05) is 23.7 Å². The predicted molar refractivity (Wildman–Crippen MR) is 105 cm³/mol. The topological polar surface area (TPSA) is 88.5 Å². The lowest BCUT2D eigenvalue weighted by Crippen LogP contribution is -2.27. The van der Waals surface area contributed by atoms with Crippen LogP contribution in [0.2, 0.25) is 5.02 Å². The van der Waals surface area contributed by atoms with Crippen molar-refractivity contribution >= 4 is 23.5 Å². The number of aromatic nitrogens is 1. The molecule has 1 aromatic heterocycles. The zero-order valence-corrected chi connectivity index (χ0v) is 16.3. The highest BCUT2D eigenvalue weighted by Crippen LogP contribution is 2.27. The van der Waals surface area contributed by atoms with Gasteiger partial charge in [0.1, 0.15) is 22.9 Å². The molecule has 1 heterocycles. The molecule has 0 spiro atoms. The van der Waals surface area contributed by atoms with Gasteiger partial charge in [0.05, 0.1) is 16.6 Å². The quantitative estimate of drug-likeness (QED) is 0.572. The lowest BCUT2D eigenvalue weighted by molar-refractivity contribution is 0.0696. The second-order valence-electron chi connectivity index (χ2n) is 6.34. The highest BCUT2D eigenvalue weighted by molar-refractivity contribution is 6.30. The van der Waals surface area contributed by atoms with E-state index < -0.39 is 29.6 Å². The maximum Gasteiger partial charge on any atom is 0.335 e. The summed E-state index contributed by atoms with van der Waals surface area (Å²) in [5.41, 5.74) is 0.744. The van der Waals surface area contributed by atoms with E-state index in [0.717, 1.165) is 12.1 Å². The zero-order chi connectivity index (χ0) is 21.8. The van der Waals surface area contributed by atoms with Crippen molar-refractivity contribution in [3.05, 3.63) is 88.1 Å². The number of benzene rings is 2. The number of amides is 1. The molecule has 0 radical (unpaired) electrons. The third-order valence-electron chi connectivity index (χ3n) is 4.12. The Morgan fingerprint density at radius 1 is 1.10 bits per heavy atom. The van der Waals surface area contributed by atoms with Crippen molar-refractivity contribution in [1.82, 2.24) is 10.3 Å². The summed E-state index contributed by atoms with van der Waals surface area (Å²) in [4.78, 5) is 27.7. The number of hydrogen-bond acceptors (Lipinski definition) is 4. The van der Waals surface area contributed by atoms with Crippen LogP contribution in [0.5, 0.6) is 11.6 Å². The van der Waals surface area contributed by atoms with E-state index in [1.54, 1.807) is 19.1 Å². The molecule has 1 amide bonds. The van der Waals surface area contributed by atoms with E-state index in [1.807, 2.05) is 0 Å². The van der Waals surface area contributed by atoms with Gasteiger partial charge in [-0.25, -0.2) is 18.6 Å². The van der Waals surface area contributed by atoms with E-state index in [4.69, 9.17) is 21.4 Å². The molecule has 0 aliphatic rings. The zero-order valence-electron chi connectivity index (χ0n) is 15.5. The van der Waals surface area contributed by atoms with Gasteiger partial charge < -0.3 is 15.2 Å². The second kappa shape index (κ2) is 8.87. The van der Waals surface area contributed by atoms with Gasteiger partial charge in [-0.2, -0.15) is 0 Å². The molecule has 1 atom stereocenters. The van der Waals surface area contributed by atoms with Gasteiger partial charge in [0.15, 0.2) is 0 Å². The number of halogens is 3. The minimum atomic E-state index is -1.06. The van der Waals surface area contributed by atoms with E-state index in [9.17, 15) is 18.4 Å².